The summed E-state index contributed by atoms with van der Waals surface area (Å²) in [5, 5.41) is 19.4. The second-order valence-electron chi connectivity index (χ2n) is 4.71. The number of rotatable bonds is 2. The molecule has 3 unspecified atom stereocenters. The molecule has 17 heavy (non-hydrogen) atoms. The van der Waals surface area contributed by atoms with Crippen LogP contribution < -0.4 is 4.74 Å². The minimum absolute atomic E-state index is 0.113. The fourth-order valence-electron chi connectivity index (χ4n) is 2.52. The number of nitrogens with zero attached hydrogens (tertiary/aromatic N) is 1. The van der Waals surface area contributed by atoms with Gasteiger partial charge >= 0.3 is 0 Å². The third-order valence-electron chi connectivity index (χ3n) is 3.82. The molecule has 0 spiro atoms. The molecule has 1 aliphatic heterocycles. The van der Waals surface area contributed by atoms with Gasteiger partial charge < -0.3 is 9.84 Å². The molecule has 0 bridgehead atoms. The molecule has 0 saturated carbocycles. The Kier molecular flexibility index (Phi) is 3.08. The highest BCUT2D eigenvalue weighted by Crippen LogP contribution is 2.44. The van der Waals surface area contributed by atoms with Crippen LogP contribution in [-0.4, -0.2) is 17.8 Å². The molecule has 2 rings (SSSR count). The molecule has 0 amide bonds. The zero-order chi connectivity index (χ0) is 12.5. The van der Waals surface area contributed by atoms with Crippen molar-refractivity contribution >= 4 is 0 Å². The maximum atomic E-state index is 9.80. The quantitative estimate of drug-likeness (QED) is 0.849. The summed E-state index contributed by atoms with van der Waals surface area (Å²) in [5.41, 5.74) is 0.269. The first-order valence-corrected chi connectivity index (χ1v) is 5.93. The van der Waals surface area contributed by atoms with Crippen molar-refractivity contribution in [1.29, 1.82) is 5.26 Å². The summed E-state index contributed by atoms with van der Waals surface area (Å²) in [5.74, 6) is 0.658. The van der Waals surface area contributed by atoms with Gasteiger partial charge in [0.2, 0.25) is 0 Å². The summed E-state index contributed by atoms with van der Waals surface area (Å²) in [6.45, 7) is 4.19. The van der Waals surface area contributed by atoms with Gasteiger partial charge in [0.15, 0.2) is 0 Å². The molecule has 3 atom stereocenters. The molecule has 3 nitrogen and oxygen atoms in total. The molecular weight excluding hydrogens is 214 g/mol. The van der Waals surface area contributed by atoms with Crippen LogP contribution in [-0.2, 0) is 5.41 Å². The van der Waals surface area contributed by atoms with Gasteiger partial charge in [-0.05, 0) is 13.0 Å². The Labute approximate surface area is 102 Å². The Morgan fingerprint density at radius 2 is 2.12 bits per heavy atom. The number of para-hydroxylation sites is 1. The van der Waals surface area contributed by atoms with Gasteiger partial charge in [-0.15, -0.1) is 0 Å². The Morgan fingerprint density at radius 3 is 2.76 bits per heavy atom. The summed E-state index contributed by atoms with van der Waals surface area (Å²) in [7, 11) is 0. The number of aliphatic hydroxyl groups excluding tert-OH is 1. The van der Waals surface area contributed by atoms with Gasteiger partial charge in [0.25, 0.3) is 0 Å². The molecule has 1 aromatic rings. The van der Waals surface area contributed by atoms with Crippen LogP contribution >= 0.6 is 0 Å². The minimum Gasteiger partial charge on any atom is -0.493 e. The Morgan fingerprint density at radius 1 is 1.41 bits per heavy atom. The Hall–Kier alpha value is -1.53. The first-order chi connectivity index (χ1) is 8.12. The SMILES string of the molecule is CC(O)C(C)C1(C#N)CCOc2ccccc21. The highest BCUT2D eigenvalue weighted by atomic mass is 16.5. The van der Waals surface area contributed by atoms with Gasteiger partial charge in [0, 0.05) is 17.9 Å². The topological polar surface area (TPSA) is 53.2 Å². The van der Waals surface area contributed by atoms with Crippen molar-refractivity contribution in [3.05, 3.63) is 29.8 Å². The van der Waals surface area contributed by atoms with Crippen molar-refractivity contribution in [3.63, 3.8) is 0 Å². The van der Waals surface area contributed by atoms with Gasteiger partial charge in [-0.25, -0.2) is 0 Å². The second-order valence-corrected chi connectivity index (χ2v) is 4.71. The summed E-state index contributed by atoms with van der Waals surface area (Å²) in [4.78, 5) is 0. The maximum Gasteiger partial charge on any atom is 0.124 e. The highest BCUT2D eigenvalue weighted by molar-refractivity contribution is 5.46. The average molecular weight is 231 g/mol. The van der Waals surface area contributed by atoms with E-state index in [0.717, 1.165) is 11.3 Å². The van der Waals surface area contributed by atoms with Gasteiger partial charge in [-0.1, -0.05) is 25.1 Å². The number of hydrogen-bond donors (Lipinski definition) is 1. The molecule has 1 heterocycles. The van der Waals surface area contributed by atoms with Crippen LogP contribution in [0.15, 0.2) is 24.3 Å². The standard InChI is InChI=1S/C14H17NO2/c1-10(11(2)16)14(9-15)7-8-17-13-6-4-3-5-12(13)14/h3-6,10-11,16H,7-8H2,1-2H3. The number of nitriles is 1. The fourth-order valence-corrected chi connectivity index (χ4v) is 2.52. The summed E-state index contributed by atoms with van der Waals surface area (Å²) in [6.07, 6.45) is 0.118. The van der Waals surface area contributed by atoms with Crippen molar-refractivity contribution in [2.75, 3.05) is 6.61 Å². The smallest absolute Gasteiger partial charge is 0.124 e. The lowest BCUT2D eigenvalue weighted by Gasteiger charge is -2.39. The Bertz CT molecular complexity index is 450. The average Bonchev–Trinajstić information content (AvgIpc) is 2.37. The number of benzene rings is 1. The number of hydrogen-bond acceptors (Lipinski definition) is 3. The lowest BCUT2D eigenvalue weighted by atomic mass is 9.67. The van der Waals surface area contributed by atoms with Crippen molar-refractivity contribution < 1.29 is 9.84 Å². The van der Waals surface area contributed by atoms with Gasteiger partial charge in [-0.2, -0.15) is 5.26 Å². The molecule has 1 N–H and O–H groups in total. The van der Waals surface area contributed by atoms with Crippen LogP contribution in [0.3, 0.4) is 0 Å². The summed E-state index contributed by atoms with van der Waals surface area (Å²) < 4.78 is 5.58. The normalized spacial score (nSPS) is 26.2. The molecule has 90 valence electrons. The van der Waals surface area contributed by atoms with Gasteiger partial charge in [0.05, 0.1) is 24.2 Å². The van der Waals surface area contributed by atoms with Crippen molar-refractivity contribution in [2.24, 2.45) is 5.92 Å². The zero-order valence-electron chi connectivity index (χ0n) is 10.2. The van der Waals surface area contributed by atoms with E-state index < -0.39 is 11.5 Å². The lowest BCUT2D eigenvalue weighted by molar-refractivity contribution is 0.0808. The number of fused-ring (bicyclic) bond motifs is 1. The van der Waals surface area contributed by atoms with E-state index >= 15 is 0 Å². The third-order valence-corrected chi connectivity index (χ3v) is 3.82. The van der Waals surface area contributed by atoms with Crippen LogP contribution in [0.2, 0.25) is 0 Å². The van der Waals surface area contributed by atoms with E-state index in [2.05, 4.69) is 6.07 Å². The van der Waals surface area contributed by atoms with Crippen LogP contribution in [0.4, 0.5) is 0 Å². The van der Waals surface area contributed by atoms with Crippen LogP contribution in [0.25, 0.3) is 0 Å². The number of ether oxygens (including phenoxy) is 1. The largest absolute Gasteiger partial charge is 0.493 e. The van der Waals surface area contributed by atoms with E-state index in [-0.39, 0.29) is 5.92 Å². The predicted molar refractivity (Wildman–Crippen MR) is 64.7 cm³/mol. The van der Waals surface area contributed by atoms with E-state index in [4.69, 9.17) is 4.74 Å². The highest BCUT2D eigenvalue weighted by Gasteiger charge is 2.44. The molecule has 0 radical (unpaired) electrons. The van der Waals surface area contributed by atoms with Crippen LogP contribution in [0.5, 0.6) is 5.75 Å². The van der Waals surface area contributed by atoms with E-state index in [0.29, 0.717) is 13.0 Å². The molecule has 3 heteroatoms. The minimum atomic E-state index is -0.636. The van der Waals surface area contributed by atoms with Crippen LogP contribution in [0, 0.1) is 17.2 Å². The van der Waals surface area contributed by atoms with E-state index in [1.807, 2.05) is 31.2 Å². The molecule has 0 aliphatic carbocycles. The third kappa shape index (κ3) is 1.79. The molecule has 0 fully saturated rings. The zero-order valence-corrected chi connectivity index (χ0v) is 10.2. The molecule has 1 aromatic carbocycles. The molecule has 1 aliphatic rings. The van der Waals surface area contributed by atoms with Gasteiger partial charge in [-0.3, -0.25) is 0 Å². The van der Waals surface area contributed by atoms with Crippen LogP contribution in [0.1, 0.15) is 25.8 Å². The summed E-state index contributed by atoms with van der Waals surface area (Å²) in [6, 6.07) is 10.0. The fraction of sp³-hybridized carbons (Fsp3) is 0.500. The first kappa shape index (κ1) is 11.9. The first-order valence-electron chi connectivity index (χ1n) is 5.93. The maximum absolute atomic E-state index is 9.80. The lowest BCUT2D eigenvalue weighted by Crippen LogP contribution is -2.42. The summed E-state index contributed by atoms with van der Waals surface area (Å²) >= 11 is 0. The molecule has 0 saturated heterocycles. The molecular formula is C14H17NO2. The Balaban J connectivity index is 2.54. The predicted octanol–water partition coefficient (Wildman–Crippen LogP) is 2.25. The van der Waals surface area contributed by atoms with Crippen molar-refractivity contribution in [3.8, 4) is 11.8 Å². The van der Waals surface area contributed by atoms with Crippen molar-refractivity contribution in [1.82, 2.24) is 0 Å². The molecule has 0 aromatic heterocycles. The van der Waals surface area contributed by atoms with E-state index in [1.54, 1.807) is 6.92 Å². The van der Waals surface area contributed by atoms with E-state index in [1.165, 1.54) is 0 Å². The number of aliphatic hydroxyl groups is 1. The van der Waals surface area contributed by atoms with Gasteiger partial charge in [0.1, 0.15) is 5.75 Å². The van der Waals surface area contributed by atoms with Crippen molar-refractivity contribution in [2.45, 2.75) is 31.8 Å². The second kappa shape index (κ2) is 4.38. The van der Waals surface area contributed by atoms with E-state index in [9.17, 15) is 10.4 Å². The monoisotopic (exact) mass is 231 g/mol.